The molecule has 1 fully saturated rings. The highest BCUT2D eigenvalue weighted by molar-refractivity contribution is 5.85. The second-order valence-corrected chi connectivity index (χ2v) is 5.41. The first kappa shape index (κ1) is 18.9. The molecular formula is C16H26ClN3O2. The van der Waals surface area contributed by atoms with E-state index >= 15 is 0 Å². The van der Waals surface area contributed by atoms with E-state index < -0.39 is 0 Å². The second-order valence-electron chi connectivity index (χ2n) is 5.41. The summed E-state index contributed by atoms with van der Waals surface area (Å²) >= 11 is 0. The third kappa shape index (κ3) is 6.75. The summed E-state index contributed by atoms with van der Waals surface area (Å²) in [6.07, 6.45) is 1.10. The standard InChI is InChI=1S/C16H25N3O2.ClH/c1-21-13-15-5-2-4-14(10-15)11-18-16(20)12-19-8-3-6-17-7-9-19;/h2,4-5,10,17H,3,6-9,11-13H2,1H3,(H,18,20);1H. The molecule has 1 aromatic carbocycles. The average Bonchev–Trinajstić information content (AvgIpc) is 2.75. The van der Waals surface area contributed by atoms with Crippen LogP contribution in [0, 0.1) is 0 Å². The lowest BCUT2D eigenvalue weighted by Crippen LogP contribution is -2.38. The summed E-state index contributed by atoms with van der Waals surface area (Å²) < 4.78 is 5.12. The van der Waals surface area contributed by atoms with Gasteiger partial charge in [0.1, 0.15) is 0 Å². The van der Waals surface area contributed by atoms with Gasteiger partial charge in [0.15, 0.2) is 0 Å². The quantitative estimate of drug-likeness (QED) is 0.823. The lowest BCUT2D eigenvalue weighted by atomic mass is 10.1. The van der Waals surface area contributed by atoms with Crippen LogP contribution in [0.2, 0.25) is 0 Å². The molecule has 0 unspecified atom stereocenters. The van der Waals surface area contributed by atoms with Crippen molar-refractivity contribution < 1.29 is 9.53 Å². The van der Waals surface area contributed by atoms with Gasteiger partial charge < -0.3 is 15.4 Å². The first-order valence-electron chi connectivity index (χ1n) is 7.54. The van der Waals surface area contributed by atoms with Crippen molar-refractivity contribution in [2.75, 3.05) is 39.8 Å². The molecule has 0 bridgehead atoms. The summed E-state index contributed by atoms with van der Waals surface area (Å²) in [5.41, 5.74) is 2.23. The maximum Gasteiger partial charge on any atom is 0.234 e. The number of amides is 1. The van der Waals surface area contributed by atoms with Crippen molar-refractivity contribution >= 4 is 18.3 Å². The minimum absolute atomic E-state index is 0. The van der Waals surface area contributed by atoms with Gasteiger partial charge in [-0.15, -0.1) is 12.4 Å². The van der Waals surface area contributed by atoms with Gasteiger partial charge >= 0.3 is 0 Å². The molecule has 124 valence electrons. The molecule has 1 aliphatic heterocycles. The number of methoxy groups -OCH3 is 1. The van der Waals surface area contributed by atoms with Crippen molar-refractivity contribution in [3.63, 3.8) is 0 Å². The smallest absolute Gasteiger partial charge is 0.234 e. The number of rotatable bonds is 6. The van der Waals surface area contributed by atoms with Gasteiger partial charge in [-0.05, 0) is 30.6 Å². The fraction of sp³-hybridized carbons (Fsp3) is 0.562. The molecule has 0 saturated carbocycles. The van der Waals surface area contributed by atoms with Crippen LogP contribution in [0.5, 0.6) is 0 Å². The fourth-order valence-electron chi connectivity index (χ4n) is 2.52. The van der Waals surface area contributed by atoms with Gasteiger partial charge in [-0.25, -0.2) is 0 Å². The van der Waals surface area contributed by atoms with Gasteiger partial charge in [-0.1, -0.05) is 24.3 Å². The van der Waals surface area contributed by atoms with Crippen LogP contribution in [0.3, 0.4) is 0 Å². The number of benzene rings is 1. The number of nitrogens with zero attached hydrogens (tertiary/aromatic N) is 1. The zero-order valence-electron chi connectivity index (χ0n) is 13.1. The molecule has 22 heavy (non-hydrogen) atoms. The molecule has 1 saturated heterocycles. The minimum atomic E-state index is 0. The Morgan fingerprint density at radius 1 is 1.32 bits per heavy atom. The van der Waals surface area contributed by atoms with Crippen molar-refractivity contribution in [1.29, 1.82) is 0 Å². The molecule has 0 spiro atoms. The Morgan fingerprint density at radius 3 is 2.95 bits per heavy atom. The van der Waals surface area contributed by atoms with E-state index in [0.29, 0.717) is 19.7 Å². The molecule has 2 rings (SSSR count). The molecule has 1 heterocycles. The lowest BCUT2D eigenvalue weighted by Gasteiger charge is -2.18. The van der Waals surface area contributed by atoms with Gasteiger partial charge in [0.05, 0.1) is 13.2 Å². The van der Waals surface area contributed by atoms with E-state index in [9.17, 15) is 4.79 Å². The SMILES string of the molecule is COCc1cccc(CNC(=O)CN2CCCNCC2)c1.Cl. The third-order valence-electron chi connectivity index (χ3n) is 3.59. The van der Waals surface area contributed by atoms with Crippen molar-refractivity contribution in [2.24, 2.45) is 0 Å². The number of hydrogen-bond donors (Lipinski definition) is 2. The monoisotopic (exact) mass is 327 g/mol. The Balaban J connectivity index is 0.00000242. The number of ether oxygens (including phenoxy) is 1. The van der Waals surface area contributed by atoms with E-state index in [1.165, 1.54) is 0 Å². The van der Waals surface area contributed by atoms with E-state index in [-0.39, 0.29) is 18.3 Å². The van der Waals surface area contributed by atoms with E-state index in [2.05, 4.69) is 21.6 Å². The average molecular weight is 328 g/mol. The topological polar surface area (TPSA) is 53.6 Å². The lowest BCUT2D eigenvalue weighted by molar-refractivity contribution is -0.122. The molecule has 0 radical (unpaired) electrons. The third-order valence-corrected chi connectivity index (χ3v) is 3.59. The highest BCUT2D eigenvalue weighted by Gasteiger charge is 2.12. The first-order valence-corrected chi connectivity index (χ1v) is 7.54. The predicted octanol–water partition coefficient (Wildman–Crippen LogP) is 1.17. The number of hydrogen-bond acceptors (Lipinski definition) is 4. The number of carbonyl (C=O) groups excluding carboxylic acids is 1. The number of carbonyl (C=O) groups is 1. The number of halogens is 1. The number of nitrogens with one attached hydrogen (secondary N) is 2. The Kier molecular flexibility index (Phi) is 9.08. The molecule has 0 atom stereocenters. The summed E-state index contributed by atoms with van der Waals surface area (Å²) in [5.74, 6) is 0.0917. The summed E-state index contributed by atoms with van der Waals surface area (Å²) in [5, 5.41) is 6.34. The van der Waals surface area contributed by atoms with Crippen LogP contribution in [-0.4, -0.2) is 50.6 Å². The Bertz CT molecular complexity index is 449. The van der Waals surface area contributed by atoms with E-state index in [0.717, 1.165) is 43.7 Å². The second kappa shape index (κ2) is 10.6. The van der Waals surface area contributed by atoms with Crippen LogP contribution >= 0.6 is 12.4 Å². The Hall–Kier alpha value is -1.14. The van der Waals surface area contributed by atoms with Gasteiger partial charge in [0, 0.05) is 26.7 Å². The molecule has 2 N–H and O–H groups in total. The summed E-state index contributed by atoms with van der Waals surface area (Å²) in [6, 6.07) is 8.12. The summed E-state index contributed by atoms with van der Waals surface area (Å²) in [6.45, 7) is 5.60. The first-order chi connectivity index (χ1) is 10.3. The van der Waals surface area contributed by atoms with E-state index in [1.54, 1.807) is 7.11 Å². The van der Waals surface area contributed by atoms with E-state index in [4.69, 9.17) is 4.74 Å². The predicted molar refractivity (Wildman–Crippen MR) is 90.2 cm³/mol. The van der Waals surface area contributed by atoms with Gasteiger partial charge in [-0.2, -0.15) is 0 Å². The zero-order valence-corrected chi connectivity index (χ0v) is 14.0. The molecule has 5 nitrogen and oxygen atoms in total. The fourth-order valence-corrected chi connectivity index (χ4v) is 2.52. The van der Waals surface area contributed by atoms with Crippen LogP contribution in [0.15, 0.2) is 24.3 Å². The zero-order chi connectivity index (χ0) is 14.9. The van der Waals surface area contributed by atoms with Crippen LogP contribution in [0.1, 0.15) is 17.5 Å². The molecule has 0 aliphatic carbocycles. The largest absolute Gasteiger partial charge is 0.380 e. The van der Waals surface area contributed by atoms with Crippen LogP contribution in [0.4, 0.5) is 0 Å². The molecule has 1 aromatic rings. The van der Waals surface area contributed by atoms with Gasteiger partial charge in [0.2, 0.25) is 5.91 Å². The van der Waals surface area contributed by atoms with Crippen molar-refractivity contribution in [3.05, 3.63) is 35.4 Å². The Labute approximate surface area is 138 Å². The minimum Gasteiger partial charge on any atom is -0.380 e. The van der Waals surface area contributed by atoms with Gasteiger partial charge in [0.25, 0.3) is 0 Å². The molecule has 1 amide bonds. The van der Waals surface area contributed by atoms with Crippen LogP contribution in [-0.2, 0) is 22.7 Å². The van der Waals surface area contributed by atoms with Gasteiger partial charge in [-0.3, -0.25) is 9.69 Å². The molecule has 0 aromatic heterocycles. The molecule has 6 heteroatoms. The highest BCUT2D eigenvalue weighted by Crippen LogP contribution is 2.06. The normalized spacial score (nSPS) is 15.7. The van der Waals surface area contributed by atoms with Crippen LogP contribution in [0.25, 0.3) is 0 Å². The van der Waals surface area contributed by atoms with Crippen molar-refractivity contribution in [3.8, 4) is 0 Å². The summed E-state index contributed by atoms with van der Waals surface area (Å²) in [7, 11) is 1.69. The maximum atomic E-state index is 12.0. The van der Waals surface area contributed by atoms with E-state index in [1.807, 2.05) is 18.2 Å². The highest BCUT2D eigenvalue weighted by atomic mass is 35.5. The van der Waals surface area contributed by atoms with Crippen molar-refractivity contribution in [2.45, 2.75) is 19.6 Å². The van der Waals surface area contributed by atoms with Crippen molar-refractivity contribution in [1.82, 2.24) is 15.5 Å². The molecule has 1 aliphatic rings. The maximum absolute atomic E-state index is 12.0. The summed E-state index contributed by atoms with van der Waals surface area (Å²) in [4.78, 5) is 14.2. The van der Waals surface area contributed by atoms with Crippen LogP contribution < -0.4 is 10.6 Å². The Morgan fingerprint density at radius 2 is 2.14 bits per heavy atom. The molecular weight excluding hydrogens is 302 g/mol.